The van der Waals surface area contributed by atoms with Crippen molar-refractivity contribution in [2.24, 2.45) is 0 Å². The van der Waals surface area contributed by atoms with Crippen LogP contribution in [0.1, 0.15) is 10.4 Å². The molecule has 1 amide bonds. The molecule has 0 unspecified atom stereocenters. The largest absolute Gasteiger partial charge is 0.497 e. The Morgan fingerprint density at radius 1 is 1.10 bits per heavy atom. The van der Waals surface area contributed by atoms with Gasteiger partial charge < -0.3 is 10.1 Å². The van der Waals surface area contributed by atoms with Crippen LogP contribution in [0.25, 0.3) is 0 Å². The molecule has 0 bridgehead atoms. The number of hydrogen-bond acceptors (Lipinski definition) is 2. The summed E-state index contributed by atoms with van der Waals surface area (Å²) in [6.07, 6.45) is 0. The number of amides is 1. The Bertz CT molecular complexity index is 708. The van der Waals surface area contributed by atoms with Crippen LogP contribution in [-0.4, -0.2) is 13.0 Å². The maximum absolute atomic E-state index is 12.3. The quantitative estimate of drug-likeness (QED) is 0.598. The Balaban J connectivity index is 2.32. The van der Waals surface area contributed by atoms with Crippen LogP contribution < -0.4 is 10.1 Å². The third-order valence-corrected chi connectivity index (χ3v) is 5.16. The molecule has 3 nitrogen and oxygen atoms in total. The van der Waals surface area contributed by atoms with Gasteiger partial charge in [-0.05, 0) is 62.2 Å². The molecule has 110 valence electrons. The van der Waals surface area contributed by atoms with Gasteiger partial charge in [0, 0.05) is 8.95 Å². The van der Waals surface area contributed by atoms with Crippen LogP contribution in [0.3, 0.4) is 0 Å². The molecule has 0 aliphatic heterocycles. The van der Waals surface area contributed by atoms with Gasteiger partial charge in [0.25, 0.3) is 5.91 Å². The molecule has 0 fully saturated rings. The first kappa shape index (κ1) is 16.6. The van der Waals surface area contributed by atoms with E-state index in [0.29, 0.717) is 31.0 Å². The Hall–Kier alpha value is -0.750. The number of anilines is 1. The monoisotopic (exact) mass is 451 g/mol. The second kappa shape index (κ2) is 7.01. The van der Waals surface area contributed by atoms with Crippen LogP contribution in [0.4, 0.5) is 5.69 Å². The summed E-state index contributed by atoms with van der Waals surface area (Å²) >= 11 is 18.8. The molecule has 0 radical (unpaired) electrons. The standard InChI is InChI=1S/C14H9Br2Cl2NO2/c1-21-7-2-3-9(15)8(6-7)14(20)19-11-5-4-10(16)12(17)13(11)18/h2-6H,1H3,(H,19,20). The van der Waals surface area contributed by atoms with Crippen LogP contribution in [-0.2, 0) is 0 Å². The average Bonchev–Trinajstić information content (AvgIpc) is 2.48. The number of nitrogens with one attached hydrogen (secondary N) is 1. The fraction of sp³-hybridized carbons (Fsp3) is 0.0714. The van der Waals surface area contributed by atoms with Crippen LogP contribution in [0, 0.1) is 0 Å². The molecule has 0 aliphatic rings. The van der Waals surface area contributed by atoms with E-state index in [1.54, 1.807) is 30.3 Å². The Morgan fingerprint density at radius 2 is 1.76 bits per heavy atom. The van der Waals surface area contributed by atoms with Crippen LogP contribution in [0.15, 0.2) is 39.3 Å². The van der Waals surface area contributed by atoms with Gasteiger partial charge in [-0.2, -0.15) is 0 Å². The first-order valence-electron chi connectivity index (χ1n) is 5.72. The minimum atomic E-state index is -0.318. The predicted octanol–water partition coefficient (Wildman–Crippen LogP) is 5.78. The van der Waals surface area contributed by atoms with Gasteiger partial charge in [0.15, 0.2) is 0 Å². The molecule has 2 aromatic carbocycles. The zero-order valence-electron chi connectivity index (χ0n) is 10.7. The zero-order valence-corrected chi connectivity index (χ0v) is 15.4. The highest BCUT2D eigenvalue weighted by molar-refractivity contribution is 9.10. The molecule has 0 saturated heterocycles. The SMILES string of the molecule is COc1ccc(Br)c(C(=O)Nc2ccc(Br)c(Cl)c2Cl)c1. The van der Waals surface area contributed by atoms with Crippen molar-refractivity contribution in [1.29, 1.82) is 0 Å². The maximum Gasteiger partial charge on any atom is 0.256 e. The van der Waals surface area contributed by atoms with E-state index in [1.165, 1.54) is 7.11 Å². The summed E-state index contributed by atoms with van der Waals surface area (Å²) in [6, 6.07) is 8.51. The van der Waals surface area contributed by atoms with Crippen molar-refractivity contribution in [3.63, 3.8) is 0 Å². The number of methoxy groups -OCH3 is 1. The summed E-state index contributed by atoms with van der Waals surface area (Å²) in [5.74, 6) is 0.268. The van der Waals surface area contributed by atoms with Gasteiger partial charge in [0.05, 0.1) is 28.4 Å². The Morgan fingerprint density at radius 3 is 2.43 bits per heavy atom. The van der Waals surface area contributed by atoms with E-state index in [1.807, 2.05) is 0 Å². The highest BCUT2D eigenvalue weighted by Gasteiger charge is 2.15. The van der Waals surface area contributed by atoms with Crippen LogP contribution in [0.5, 0.6) is 5.75 Å². The van der Waals surface area contributed by atoms with Gasteiger partial charge in [0.1, 0.15) is 5.75 Å². The number of ether oxygens (including phenoxy) is 1. The predicted molar refractivity (Wildman–Crippen MR) is 92.8 cm³/mol. The summed E-state index contributed by atoms with van der Waals surface area (Å²) in [5.41, 5.74) is 0.869. The fourth-order valence-corrected chi connectivity index (χ4v) is 2.87. The molecule has 0 heterocycles. The summed E-state index contributed by atoms with van der Waals surface area (Å²) in [4.78, 5) is 12.3. The summed E-state index contributed by atoms with van der Waals surface area (Å²) < 4.78 is 6.43. The first-order chi connectivity index (χ1) is 9.93. The van der Waals surface area contributed by atoms with Gasteiger partial charge in [-0.3, -0.25) is 4.79 Å². The van der Waals surface area contributed by atoms with Gasteiger partial charge >= 0.3 is 0 Å². The van der Waals surface area contributed by atoms with Gasteiger partial charge in [0.2, 0.25) is 0 Å². The highest BCUT2D eigenvalue weighted by atomic mass is 79.9. The van der Waals surface area contributed by atoms with Crippen molar-refractivity contribution in [3.8, 4) is 5.75 Å². The van der Waals surface area contributed by atoms with Gasteiger partial charge in [-0.1, -0.05) is 23.2 Å². The third-order valence-electron chi connectivity index (χ3n) is 2.70. The minimum absolute atomic E-state index is 0.276. The third kappa shape index (κ3) is 3.72. The van der Waals surface area contributed by atoms with Crippen molar-refractivity contribution < 1.29 is 9.53 Å². The Kier molecular flexibility index (Phi) is 5.54. The number of hydrogen-bond donors (Lipinski definition) is 1. The van der Waals surface area contributed by atoms with Gasteiger partial charge in [-0.15, -0.1) is 0 Å². The van der Waals surface area contributed by atoms with Gasteiger partial charge in [-0.25, -0.2) is 0 Å². The fourth-order valence-electron chi connectivity index (χ4n) is 1.62. The van der Waals surface area contributed by atoms with E-state index in [-0.39, 0.29) is 10.9 Å². The molecule has 7 heteroatoms. The maximum atomic E-state index is 12.3. The van der Waals surface area contributed by atoms with E-state index in [0.717, 1.165) is 0 Å². The molecule has 0 aliphatic carbocycles. The summed E-state index contributed by atoms with van der Waals surface area (Å²) in [5, 5.41) is 3.35. The van der Waals surface area contributed by atoms with Crippen LogP contribution in [0.2, 0.25) is 10.0 Å². The van der Waals surface area contributed by atoms with Crippen molar-refractivity contribution in [1.82, 2.24) is 0 Å². The van der Waals surface area contributed by atoms with Crippen molar-refractivity contribution in [2.75, 3.05) is 12.4 Å². The number of rotatable bonds is 3. The lowest BCUT2D eigenvalue weighted by molar-refractivity contribution is 0.102. The number of halogens is 4. The molecule has 21 heavy (non-hydrogen) atoms. The molecule has 0 saturated carbocycles. The lowest BCUT2D eigenvalue weighted by atomic mass is 10.2. The van der Waals surface area contributed by atoms with Crippen molar-refractivity contribution in [2.45, 2.75) is 0 Å². The smallest absolute Gasteiger partial charge is 0.256 e. The summed E-state index contributed by atoms with van der Waals surface area (Å²) in [7, 11) is 1.54. The zero-order chi connectivity index (χ0) is 15.6. The number of carbonyl (C=O) groups excluding carboxylic acids is 1. The number of carbonyl (C=O) groups is 1. The summed E-state index contributed by atoms with van der Waals surface area (Å²) in [6.45, 7) is 0. The molecule has 2 rings (SSSR count). The first-order valence-corrected chi connectivity index (χ1v) is 8.06. The van der Waals surface area contributed by atoms with Crippen LogP contribution >= 0.6 is 55.1 Å². The number of benzene rings is 2. The molecular weight excluding hydrogens is 445 g/mol. The van der Waals surface area contributed by atoms with E-state index >= 15 is 0 Å². The van der Waals surface area contributed by atoms with E-state index < -0.39 is 0 Å². The van der Waals surface area contributed by atoms with Crippen molar-refractivity contribution in [3.05, 3.63) is 54.9 Å². The average molecular weight is 454 g/mol. The second-order valence-corrected chi connectivity index (χ2v) is 6.49. The topological polar surface area (TPSA) is 38.3 Å². The molecular formula is C14H9Br2Cl2NO2. The van der Waals surface area contributed by atoms with E-state index in [9.17, 15) is 4.79 Å². The highest BCUT2D eigenvalue weighted by Crippen LogP contribution is 2.36. The molecule has 0 atom stereocenters. The minimum Gasteiger partial charge on any atom is -0.497 e. The molecule has 0 spiro atoms. The molecule has 0 aromatic heterocycles. The lowest BCUT2D eigenvalue weighted by Crippen LogP contribution is -2.13. The Labute approximate surface area is 148 Å². The van der Waals surface area contributed by atoms with Crippen molar-refractivity contribution >= 4 is 66.7 Å². The normalized spacial score (nSPS) is 10.3. The lowest BCUT2D eigenvalue weighted by Gasteiger charge is -2.11. The molecule has 1 N–H and O–H groups in total. The molecule has 2 aromatic rings. The van der Waals surface area contributed by atoms with E-state index in [2.05, 4.69) is 37.2 Å². The second-order valence-electron chi connectivity index (χ2n) is 4.02. The van der Waals surface area contributed by atoms with E-state index in [4.69, 9.17) is 27.9 Å².